The predicted molar refractivity (Wildman–Crippen MR) is 62.2 cm³/mol. The van der Waals surface area contributed by atoms with Gasteiger partial charge in [-0.3, -0.25) is 4.79 Å². The zero-order valence-electron chi connectivity index (χ0n) is 10.0. The number of nitrogens with two attached hydrogens (primary N) is 1. The maximum atomic E-state index is 12.0. The molecule has 1 rings (SSSR count). The van der Waals surface area contributed by atoms with Crippen molar-refractivity contribution < 1.29 is 10.0 Å². The summed E-state index contributed by atoms with van der Waals surface area (Å²) in [6.07, 6.45) is 3.26. The summed E-state index contributed by atoms with van der Waals surface area (Å²) in [7, 11) is 0. The van der Waals surface area contributed by atoms with Gasteiger partial charge in [0.15, 0.2) is 5.84 Å². The van der Waals surface area contributed by atoms with Gasteiger partial charge in [-0.2, -0.15) is 0 Å². The third-order valence-electron chi connectivity index (χ3n) is 3.25. The van der Waals surface area contributed by atoms with E-state index in [4.69, 9.17) is 10.9 Å². The second-order valence-corrected chi connectivity index (χ2v) is 4.49. The number of amides is 1. The fraction of sp³-hybridized carbons (Fsp3) is 0.818. The van der Waals surface area contributed by atoms with Gasteiger partial charge >= 0.3 is 0 Å². The Balaban J connectivity index is 2.61. The third-order valence-corrected chi connectivity index (χ3v) is 3.25. The average Bonchev–Trinajstić information content (AvgIpc) is 2.76. The zero-order chi connectivity index (χ0) is 12.1. The molecule has 0 saturated carbocycles. The molecule has 5 nitrogen and oxygen atoms in total. The summed E-state index contributed by atoms with van der Waals surface area (Å²) in [5, 5.41) is 11.7. The van der Waals surface area contributed by atoms with Crippen LogP contribution in [0.1, 0.15) is 39.5 Å². The van der Waals surface area contributed by atoms with Crippen molar-refractivity contribution in [2.75, 3.05) is 6.54 Å². The van der Waals surface area contributed by atoms with E-state index in [9.17, 15) is 4.79 Å². The van der Waals surface area contributed by atoms with E-state index < -0.39 is 0 Å². The lowest BCUT2D eigenvalue weighted by atomic mass is 10.0. The first kappa shape index (κ1) is 12.8. The van der Waals surface area contributed by atoms with Crippen molar-refractivity contribution in [1.82, 2.24) is 4.90 Å². The molecule has 1 amide bonds. The van der Waals surface area contributed by atoms with Crippen molar-refractivity contribution in [3.8, 4) is 0 Å². The quantitative estimate of drug-likeness (QED) is 0.327. The lowest BCUT2D eigenvalue weighted by Crippen LogP contribution is -2.44. The van der Waals surface area contributed by atoms with Crippen LogP contribution in [0.2, 0.25) is 0 Å². The van der Waals surface area contributed by atoms with Crippen molar-refractivity contribution in [3.05, 3.63) is 0 Å². The predicted octanol–water partition coefficient (Wildman–Crippen LogP) is 1.16. The van der Waals surface area contributed by atoms with E-state index in [1.54, 1.807) is 4.90 Å². The smallest absolute Gasteiger partial charge is 0.223 e. The van der Waals surface area contributed by atoms with Crippen molar-refractivity contribution >= 4 is 11.7 Å². The summed E-state index contributed by atoms with van der Waals surface area (Å²) < 4.78 is 0. The third kappa shape index (κ3) is 2.87. The highest BCUT2D eigenvalue weighted by atomic mass is 16.4. The molecule has 1 aliphatic rings. The van der Waals surface area contributed by atoms with E-state index in [2.05, 4.69) is 19.0 Å². The van der Waals surface area contributed by atoms with Gasteiger partial charge in [-0.25, -0.2) is 0 Å². The minimum atomic E-state index is -0.207. The fourth-order valence-corrected chi connectivity index (χ4v) is 2.00. The van der Waals surface area contributed by atoms with Gasteiger partial charge in [0.1, 0.15) is 0 Å². The van der Waals surface area contributed by atoms with E-state index in [1.165, 1.54) is 0 Å². The zero-order valence-corrected chi connectivity index (χ0v) is 10.0. The summed E-state index contributed by atoms with van der Waals surface area (Å²) in [6, 6.07) is -0.207. The Labute approximate surface area is 96.3 Å². The first-order chi connectivity index (χ1) is 7.60. The van der Waals surface area contributed by atoms with E-state index in [-0.39, 0.29) is 17.8 Å². The fourth-order valence-electron chi connectivity index (χ4n) is 2.00. The van der Waals surface area contributed by atoms with Crippen molar-refractivity contribution in [1.29, 1.82) is 0 Å². The topological polar surface area (TPSA) is 78.9 Å². The molecule has 5 heteroatoms. The highest BCUT2D eigenvalue weighted by molar-refractivity contribution is 5.90. The van der Waals surface area contributed by atoms with Crippen LogP contribution in [0.25, 0.3) is 0 Å². The summed E-state index contributed by atoms with van der Waals surface area (Å²) >= 11 is 0. The molecule has 0 bridgehead atoms. The van der Waals surface area contributed by atoms with E-state index >= 15 is 0 Å². The van der Waals surface area contributed by atoms with Gasteiger partial charge in [0.05, 0.1) is 6.04 Å². The van der Waals surface area contributed by atoms with Crippen LogP contribution < -0.4 is 5.73 Å². The van der Waals surface area contributed by atoms with E-state index in [0.717, 1.165) is 25.8 Å². The number of carbonyl (C=O) groups excluding carboxylic acids is 1. The van der Waals surface area contributed by atoms with Gasteiger partial charge in [-0.1, -0.05) is 25.4 Å². The molecule has 0 radical (unpaired) electrons. The molecular weight excluding hydrogens is 206 g/mol. The molecule has 0 aromatic carbocycles. The molecule has 1 saturated heterocycles. The van der Waals surface area contributed by atoms with Gasteiger partial charge in [0.2, 0.25) is 5.91 Å². The molecule has 1 aliphatic heterocycles. The van der Waals surface area contributed by atoms with Crippen LogP contribution in [0.4, 0.5) is 0 Å². The summed E-state index contributed by atoms with van der Waals surface area (Å²) in [5.41, 5.74) is 5.58. The maximum Gasteiger partial charge on any atom is 0.223 e. The van der Waals surface area contributed by atoms with Crippen LogP contribution >= 0.6 is 0 Å². The number of hydrogen-bond donors (Lipinski definition) is 2. The van der Waals surface area contributed by atoms with Crippen molar-refractivity contribution in [2.24, 2.45) is 16.8 Å². The molecule has 2 unspecified atom stereocenters. The van der Waals surface area contributed by atoms with Crippen molar-refractivity contribution in [2.45, 2.75) is 45.6 Å². The largest absolute Gasteiger partial charge is 0.409 e. The number of carbonyl (C=O) groups is 1. The Bertz CT molecular complexity index is 278. The maximum absolute atomic E-state index is 12.0. The Morgan fingerprint density at radius 3 is 2.94 bits per heavy atom. The van der Waals surface area contributed by atoms with Gasteiger partial charge < -0.3 is 15.8 Å². The first-order valence-electron chi connectivity index (χ1n) is 5.87. The van der Waals surface area contributed by atoms with Crippen molar-refractivity contribution in [3.63, 3.8) is 0 Å². The Morgan fingerprint density at radius 1 is 1.69 bits per heavy atom. The van der Waals surface area contributed by atoms with Crippen LogP contribution in [0.15, 0.2) is 5.16 Å². The standard InChI is InChI=1S/C11H21N3O2/c1-3-8(2)7-10(15)14-6-4-5-9(14)11(12)13-16/h8-9,16H,3-7H2,1-2H3,(H2,12,13). The highest BCUT2D eigenvalue weighted by Gasteiger charge is 2.31. The number of oxime groups is 1. The second-order valence-electron chi connectivity index (χ2n) is 4.49. The molecule has 2 atom stereocenters. The van der Waals surface area contributed by atoms with Gasteiger partial charge in [0, 0.05) is 13.0 Å². The van der Waals surface area contributed by atoms with Crippen LogP contribution in [-0.4, -0.2) is 34.4 Å². The number of rotatable bonds is 4. The van der Waals surface area contributed by atoms with Gasteiger partial charge in [-0.05, 0) is 18.8 Å². The number of amidine groups is 1. The Morgan fingerprint density at radius 2 is 2.38 bits per heavy atom. The summed E-state index contributed by atoms with van der Waals surface area (Å²) in [4.78, 5) is 13.7. The van der Waals surface area contributed by atoms with Crippen LogP contribution in [-0.2, 0) is 4.79 Å². The van der Waals surface area contributed by atoms with Gasteiger partial charge in [-0.15, -0.1) is 0 Å². The number of hydrogen-bond acceptors (Lipinski definition) is 3. The van der Waals surface area contributed by atoms with E-state index in [0.29, 0.717) is 12.3 Å². The van der Waals surface area contributed by atoms with Gasteiger partial charge in [0.25, 0.3) is 0 Å². The molecule has 16 heavy (non-hydrogen) atoms. The molecular formula is C11H21N3O2. The monoisotopic (exact) mass is 227 g/mol. The Kier molecular flexibility index (Phi) is 4.58. The minimum absolute atomic E-state index is 0.114. The second kappa shape index (κ2) is 5.72. The lowest BCUT2D eigenvalue weighted by Gasteiger charge is -2.24. The highest BCUT2D eigenvalue weighted by Crippen LogP contribution is 2.20. The number of likely N-dealkylation sites (tertiary alicyclic amines) is 1. The number of nitrogens with zero attached hydrogens (tertiary/aromatic N) is 2. The molecule has 1 fully saturated rings. The van der Waals surface area contributed by atoms with Crippen LogP contribution in [0.3, 0.4) is 0 Å². The molecule has 0 aliphatic carbocycles. The van der Waals surface area contributed by atoms with Crippen LogP contribution in [0, 0.1) is 5.92 Å². The molecule has 3 N–H and O–H groups in total. The summed E-state index contributed by atoms with van der Waals surface area (Å²) in [6.45, 7) is 4.85. The van der Waals surface area contributed by atoms with E-state index in [1.807, 2.05) is 0 Å². The molecule has 0 aromatic heterocycles. The molecule has 0 aromatic rings. The molecule has 1 heterocycles. The average molecular weight is 227 g/mol. The first-order valence-corrected chi connectivity index (χ1v) is 5.87. The normalized spacial score (nSPS) is 23.5. The summed E-state index contributed by atoms with van der Waals surface area (Å²) in [5.74, 6) is 0.652. The van der Waals surface area contributed by atoms with Crippen LogP contribution in [0.5, 0.6) is 0 Å². The lowest BCUT2D eigenvalue weighted by molar-refractivity contribution is -0.131. The molecule has 92 valence electrons. The SMILES string of the molecule is CCC(C)CC(=O)N1CCCC1C(N)=NO. The Hall–Kier alpha value is -1.26. The molecule has 0 spiro atoms. The minimum Gasteiger partial charge on any atom is -0.409 e.